The number of aliphatic carboxylic acids is 2. The molecule has 7 atom stereocenters. The number of aliphatic hydroxyl groups is 1. The molecule has 12 N–H and O–H groups in total. The summed E-state index contributed by atoms with van der Waals surface area (Å²) in [5.74, 6) is -6.77. The number of unbranched alkanes of at least 4 members (excludes halogenated alkanes) is 1. The molecule has 0 aliphatic carbocycles. The van der Waals surface area contributed by atoms with Gasteiger partial charge in [-0.05, 0) is 88.2 Å². The fourth-order valence-electron chi connectivity index (χ4n) is 5.37. The summed E-state index contributed by atoms with van der Waals surface area (Å²) in [5, 5.41) is 53.7. The number of amides is 5. The van der Waals surface area contributed by atoms with E-state index in [-0.39, 0.29) is 30.9 Å². The van der Waals surface area contributed by atoms with Gasteiger partial charge in [0.2, 0.25) is 29.5 Å². The maximum atomic E-state index is 13.9. The standard InChI is InChI=1S/C33H51N7O11S/c1-18(41)27(33(50)51)40-32(49)25(17-26(43)44)39-30(47)23(12-15-52-2)37-31(48)24(16-19-8-10-20(42)11-9-19)38-29(46)22(6-3-4-13-34)36-28(45)21-7-5-14-35-21/h8-11,18,21-25,27,35,41-42H,3-7,12-17,34H2,1-2H3,(H,36,45)(H,37,48)(H,38,46)(H,39,47)(H,40,49)(H,43,44)(H,50,51)/t18-,21+,22+,23+,24+,25+,27+/m1/s1. The molecule has 0 spiro atoms. The minimum absolute atomic E-state index is 0.0115. The number of carbonyl (C=O) groups is 7. The Balaban J connectivity index is 2.35. The molecule has 0 saturated carbocycles. The smallest absolute Gasteiger partial charge is 0.328 e. The Hall–Kier alpha value is -4.46. The van der Waals surface area contributed by atoms with E-state index in [9.17, 15) is 54.0 Å². The second-order valence-electron chi connectivity index (χ2n) is 12.5. The molecule has 0 bridgehead atoms. The van der Waals surface area contributed by atoms with Crippen molar-refractivity contribution in [2.24, 2.45) is 5.73 Å². The summed E-state index contributed by atoms with van der Waals surface area (Å²) in [5.41, 5.74) is 6.18. The van der Waals surface area contributed by atoms with Crippen LogP contribution in [0.3, 0.4) is 0 Å². The lowest BCUT2D eigenvalue weighted by Crippen LogP contribution is -2.60. The van der Waals surface area contributed by atoms with Gasteiger partial charge in [-0.15, -0.1) is 0 Å². The molecular weight excluding hydrogens is 702 g/mol. The minimum atomic E-state index is -1.80. The van der Waals surface area contributed by atoms with Gasteiger partial charge < -0.3 is 58.1 Å². The first-order valence-electron chi connectivity index (χ1n) is 17.0. The highest BCUT2D eigenvalue weighted by molar-refractivity contribution is 7.98. The molecule has 19 heteroatoms. The topological polar surface area (TPSA) is 299 Å². The van der Waals surface area contributed by atoms with E-state index >= 15 is 0 Å². The van der Waals surface area contributed by atoms with Crippen molar-refractivity contribution >= 4 is 53.2 Å². The van der Waals surface area contributed by atoms with Gasteiger partial charge in [0.05, 0.1) is 18.6 Å². The molecule has 1 aromatic carbocycles. The Bertz CT molecular complexity index is 1380. The number of carbonyl (C=O) groups excluding carboxylic acids is 5. The van der Waals surface area contributed by atoms with Gasteiger partial charge >= 0.3 is 11.9 Å². The van der Waals surface area contributed by atoms with Crippen molar-refractivity contribution in [3.63, 3.8) is 0 Å². The first kappa shape index (κ1) is 43.7. The minimum Gasteiger partial charge on any atom is -0.508 e. The van der Waals surface area contributed by atoms with E-state index in [0.29, 0.717) is 43.7 Å². The molecule has 1 aromatic rings. The van der Waals surface area contributed by atoms with E-state index in [2.05, 4.69) is 26.6 Å². The number of carboxylic acids is 2. The van der Waals surface area contributed by atoms with Gasteiger partial charge in [0.15, 0.2) is 6.04 Å². The number of hydrogen-bond donors (Lipinski definition) is 11. The highest BCUT2D eigenvalue weighted by Crippen LogP contribution is 2.14. The molecule has 18 nitrogen and oxygen atoms in total. The Morgan fingerprint density at radius 1 is 0.846 bits per heavy atom. The monoisotopic (exact) mass is 753 g/mol. The number of phenolic OH excluding ortho intramolecular Hbond substituents is 1. The van der Waals surface area contributed by atoms with E-state index in [1.54, 1.807) is 18.4 Å². The Morgan fingerprint density at radius 3 is 1.96 bits per heavy atom. The third kappa shape index (κ3) is 15.0. The van der Waals surface area contributed by atoms with Crippen LogP contribution in [-0.2, 0) is 40.0 Å². The van der Waals surface area contributed by atoms with E-state index in [4.69, 9.17) is 5.73 Å². The fourth-order valence-corrected chi connectivity index (χ4v) is 5.84. The van der Waals surface area contributed by atoms with Crippen molar-refractivity contribution in [1.29, 1.82) is 0 Å². The van der Waals surface area contributed by atoms with Crippen molar-refractivity contribution in [3.8, 4) is 5.75 Å². The summed E-state index contributed by atoms with van der Waals surface area (Å²) in [4.78, 5) is 90.1. The van der Waals surface area contributed by atoms with Crippen molar-refractivity contribution in [2.45, 2.75) is 101 Å². The van der Waals surface area contributed by atoms with Crippen molar-refractivity contribution in [2.75, 3.05) is 25.1 Å². The molecule has 0 aromatic heterocycles. The molecule has 1 aliphatic rings. The van der Waals surface area contributed by atoms with Crippen LogP contribution in [0.25, 0.3) is 0 Å². The number of nitrogens with one attached hydrogen (secondary N) is 6. The molecule has 2 rings (SSSR count). The van der Waals surface area contributed by atoms with Gasteiger partial charge in [-0.2, -0.15) is 11.8 Å². The number of phenols is 1. The zero-order valence-corrected chi connectivity index (χ0v) is 30.1. The zero-order chi connectivity index (χ0) is 38.8. The molecule has 0 radical (unpaired) electrons. The predicted molar refractivity (Wildman–Crippen MR) is 190 cm³/mol. The van der Waals surface area contributed by atoms with Gasteiger partial charge in [0, 0.05) is 6.42 Å². The predicted octanol–water partition coefficient (Wildman–Crippen LogP) is -2.07. The molecule has 1 aliphatic heterocycles. The van der Waals surface area contributed by atoms with Crippen LogP contribution in [-0.4, -0.2) is 129 Å². The second kappa shape index (κ2) is 22.5. The van der Waals surface area contributed by atoms with Gasteiger partial charge in [0.25, 0.3) is 0 Å². The molecule has 5 amide bonds. The van der Waals surface area contributed by atoms with Crippen molar-refractivity contribution in [1.82, 2.24) is 31.9 Å². The normalized spacial score (nSPS) is 17.3. The molecule has 290 valence electrons. The second-order valence-corrected chi connectivity index (χ2v) is 13.5. The van der Waals surface area contributed by atoms with Crippen LogP contribution < -0.4 is 37.6 Å². The first-order valence-corrected chi connectivity index (χ1v) is 18.4. The number of aliphatic hydroxyl groups excluding tert-OH is 1. The molecule has 1 saturated heterocycles. The number of hydrogen-bond acceptors (Lipinski definition) is 12. The van der Waals surface area contributed by atoms with Gasteiger partial charge in [-0.1, -0.05) is 12.1 Å². The van der Waals surface area contributed by atoms with Crippen LogP contribution in [0.2, 0.25) is 0 Å². The molecule has 0 unspecified atom stereocenters. The fraction of sp³-hybridized carbons (Fsp3) is 0.606. The third-order valence-electron chi connectivity index (χ3n) is 8.27. The zero-order valence-electron chi connectivity index (χ0n) is 29.3. The van der Waals surface area contributed by atoms with Crippen LogP contribution in [0.5, 0.6) is 5.75 Å². The van der Waals surface area contributed by atoms with Crippen molar-refractivity contribution < 1.29 is 54.0 Å². The van der Waals surface area contributed by atoms with Crippen LogP contribution in [0.1, 0.15) is 57.4 Å². The van der Waals surface area contributed by atoms with Gasteiger partial charge in [-0.25, -0.2) is 4.79 Å². The summed E-state index contributed by atoms with van der Waals surface area (Å²) in [7, 11) is 0. The maximum absolute atomic E-state index is 13.9. The summed E-state index contributed by atoms with van der Waals surface area (Å²) >= 11 is 1.33. The lowest BCUT2D eigenvalue weighted by atomic mass is 10.0. The van der Waals surface area contributed by atoms with E-state index < -0.39 is 84.3 Å². The highest BCUT2D eigenvalue weighted by Gasteiger charge is 2.35. The highest BCUT2D eigenvalue weighted by atomic mass is 32.2. The van der Waals surface area contributed by atoms with E-state index in [1.165, 1.54) is 23.9 Å². The molecule has 1 heterocycles. The summed E-state index contributed by atoms with van der Waals surface area (Å²) in [6.07, 6.45) is 1.89. The van der Waals surface area contributed by atoms with E-state index in [0.717, 1.165) is 13.3 Å². The van der Waals surface area contributed by atoms with Crippen LogP contribution in [0.15, 0.2) is 24.3 Å². The Kier molecular flexibility index (Phi) is 18.9. The summed E-state index contributed by atoms with van der Waals surface area (Å²) in [6, 6.07) is -1.84. The van der Waals surface area contributed by atoms with Gasteiger partial charge in [-0.3, -0.25) is 28.8 Å². The Labute approximate surface area is 305 Å². The molecule has 1 fully saturated rings. The van der Waals surface area contributed by atoms with Crippen molar-refractivity contribution in [3.05, 3.63) is 29.8 Å². The lowest BCUT2D eigenvalue weighted by Gasteiger charge is -2.27. The number of nitrogens with two attached hydrogens (primary N) is 1. The largest absolute Gasteiger partial charge is 0.508 e. The maximum Gasteiger partial charge on any atom is 0.328 e. The number of rotatable bonds is 23. The number of benzene rings is 1. The molecular formula is C33H51N7O11S. The average Bonchev–Trinajstić information content (AvgIpc) is 3.63. The number of carboxylic acid groups (broad SMARTS) is 2. The Morgan fingerprint density at radius 2 is 1.42 bits per heavy atom. The first-order chi connectivity index (χ1) is 24.7. The number of thioether (sulfide) groups is 1. The number of aromatic hydroxyl groups is 1. The quantitative estimate of drug-likeness (QED) is 0.0536. The molecule has 52 heavy (non-hydrogen) atoms. The average molecular weight is 754 g/mol. The van der Waals surface area contributed by atoms with Gasteiger partial charge in [0.1, 0.15) is 29.9 Å². The summed E-state index contributed by atoms with van der Waals surface area (Å²) < 4.78 is 0. The van der Waals surface area contributed by atoms with Crippen LogP contribution in [0.4, 0.5) is 0 Å². The summed E-state index contributed by atoms with van der Waals surface area (Å²) in [6.45, 7) is 2.14. The van der Waals surface area contributed by atoms with Crippen LogP contribution in [0, 0.1) is 0 Å². The SMILES string of the molecule is CSCC[C@H](NC(=O)[C@H](Cc1ccc(O)cc1)NC(=O)[C@H](CCCCN)NC(=O)[C@@H]1CCCN1)C(=O)N[C@@H](CC(=O)O)C(=O)N[C@H](C(=O)O)[C@@H](C)O. The third-order valence-corrected chi connectivity index (χ3v) is 8.91. The van der Waals surface area contributed by atoms with E-state index in [1.807, 2.05) is 5.32 Å². The lowest BCUT2D eigenvalue weighted by molar-refractivity contribution is -0.146. The van der Waals surface area contributed by atoms with Crippen LogP contribution >= 0.6 is 11.8 Å².